The fraction of sp³-hybridized carbons (Fsp3) is 0.348. The molecule has 2 N–H and O–H groups in total. The molecule has 0 bridgehead atoms. The molecular formula is C46H48Br2N2O6. The SMILES string of the molecule is CC(C)(C)c1cc(C2=C(Br)C(=O)c3ccncc3C2=O)cc(C(C)(C)C)c1O.CC(C)(C)c1cc(C2=C(Br)C(=O)c3cnccc3C2=O)cc(C(C)(C)C)c1O. The van der Waals surface area contributed by atoms with Crippen molar-refractivity contribution in [3.05, 3.63) is 126 Å². The molecule has 0 saturated carbocycles. The highest BCUT2D eigenvalue weighted by Gasteiger charge is 2.36. The number of phenolic OH excluding ortho intramolecular Hbond substituents is 2. The summed E-state index contributed by atoms with van der Waals surface area (Å²) >= 11 is 6.72. The topological polar surface area (TPSA) is 135 Å². The molecule has 0 amide bonds. The molecule has 0 radical (unpaired) electrons. The van der Waals surface area contributed by atoms with Crippen molar-refractivity contribution in [2.45, 2.75) is 105 Å². The number of allylic oxidation sites excluding steroid dienone is 4. The predicted octanol–water partition coefficient (Wildman–Crippen LogP) is 11.1. The van der Waals surface area contributed by atoms with Crippen molar-refractivity contribution in [2.75, 3.05) is 0 Å². The number of pyridine rings is 2. The summed E-state index contributed by atoms with van der Waals surface area (Å²) in [4.78, 5) is 60.1. The molecule has 0 aliphatic heterocycles. The van der Waals surface area contributed by atoms with Crippen LogP contribution in [0.15, 0.2) is 70.2 Å². The summed E-state index contributed by atoms with van der Waals surface area (Å²) in [5.74, 6) is -0.513. The summed E-state index contributed by atoms with van der Waals surface area (Å²) in [5, 5.41) is 21.9. The normalized spacial score (nSPS) is 15.1. The average Bonchev–Trinajstić information content (AvgIpc) is 3.09. The number of aromatic nitrogens is 2. The van der Waals surface area contributed by atoms with Crippen LogP contribution in [0.3, 0.4) is 0 Å². The summed E-state index contributed by atoms with van der Waals surface area (Å²) in [5.41, 5.74) is 4.77. The minimum absolute atomic E-state index is 0.225. The highest BCUT2D eigenvalue weighted by atomic mass is 79.9. The van der Waals surface area contributed by atoms with Gasteiger partial charge in [-0.3, -0.25) is 29.1 Å². The van der Waals surface area contributed by atoms with Crippen LogP contribution in [-0.2, 0) is 21.7 Å². The lowest BCUT2D eigenvalue weighted by Gasteiger charge is -2.29. The van der Waals surface area contributed by atoms with Crippen molar-refractivity contribution in [3.63, 3.8) is 0 Å². The minimum Gasteiger partial charge on any atom is -0.507 e. The molecule has 0 atom stereocenters. The number of hydrogen-bond acceptors (Lipinski definition) is 8. The van der Waals surface area contributed by atoms with Crippen LogP contribution >= 0.6 is 31.9 Å². The molecule has 4 aromatic rings. The third-order valence-electron chi connectivity index (χ3n) is 9.94. The molecule has 0 fully saturated rings. The molecule has 2 aromatic carbocycles. The Labute approximate surface area is 345 Å². The average molecular weight is 885 g/mol. The Hall–Kier alpha value is -4.54. The second-order valence-electron chi connectivity index (χ2n) is 18.4. The number of rotatable bonds is 2. The number of nitrogens with zero attached hydrogens (tertiary/aromatic N) is 2. The van der Waals surface area contributed by atoms with Gasteiger partial charge in [-0.15, -0.1) is 0 Å². The number of carbonyl (C=O) groups excluding carboxylic acids is 4. The zero-order valence-electron chi connectivity index (χ0n) is 34.0. The second-order valence-corrected chi connectivity index (χ2v) is 20.0. The Kier molecular flexibility index (Phi) is 11.2. The Bertz CT molecular complexity index is 2170. The van der Waals surface area contributed by atoms with Gasteiger partial charge in [-0.25, -0.2) is 0 Å². The Morgan fingerprint density at radius 2 is 0.714 bits per heavy atom. The number of fused-ring (bicyclic) bond motifs is 2. The highest BCUT2D eigenvalue weighted by molar-refractivity contribution is 9.12. The molecule has 56 heavy (non-hydrogen) atoms. The number of Topliss-reactive ketones (excluding diaryl/α,β-unsaturated/α-hetero) is 4. The number of ketones is 4. The number of hydrogen-bond donors (Lipinski definition) is 2. The monoisotopic (exact) mass is 882 g/mol. The fourth-order valence-electron chi connectivity index (χ4n) is 6.84. The van der Waals surface area contributed by atoms with Gasteiger partial charge >= 0.3 is 0 Å². The molecule has 292 valence electrons. The third-order valence-corrected chi connectivity index (χ3v) is 11.5. The fourth-order valence-corrected chi connectivity index (χ4v) is 8.08. The van der Waals surface area contributed by atoms with Crippen LogP contribution in [0.1, 0.15) is 158 Å². The van der Waals surface area contributed by atoms with Crippen LogP contribution in [0, 0.1) is 0 Å². The lowest BCUT2D eigenvalue weighted by atomic mass is 9.76. The third kappa shape index (κ3) is 7.87. The first-order valence-electron chi connectivity index (χ1n) is 18.3. The van der Waals surface area contributed by atoms with Gasteiger partial charge in [-0.2, -0.15) is 0 Å². The van der Waals surface area contributed by atoms with E-state index in [9.17, 15) is 29.4 Å². The van der Waals surface area contributed by atoms with Gasteiger partial charge in [0, 0.05) is 69.3 Å². The highest BCUT2D eigenvalue weighted by Crippen LogP contribution is 2.45. The molecule has 10 heteroatoms. The first-order chi connectivity index (χ1) is 25.7. The van der Waals surface area contributed by atoms with E-state index < -0.39 is 0 Å². The molecule has 0 spiro atoms. The number of phenols is 2. The molecule has 8 nitrogen and oxygen atoms in total. The van der Waals surface area contributed by atoms with E-state index >= 15 is 0 Å². The molecule has 2 aliphatic rings. The quantitative estimate of drug-likeness (QED) is 0.203. The van der Waals surface area contributed by atoms with Gasteiger partial charge in [0.05, 0.1) is 20.1 Å². The van der Waals surface area contributed by atoms with E-state index in [4.69, 9.17) is 0 Å². The first-order valence-corrected chi connectivity index (χ1v) is 19.9. The number of aromatic hydroxyl groups is 2. The van der Waals surface area contributed by atoms with Gasteiger partial charge in [-0.05, 0) is 101 Å². The zero-order chi connectivity index (χ0) is 42.0. The largest absolute Gasteiger partial charge is 0.507 e. The minimum atomic E-state index is -0.339. The lowest BCUT2D eigenvalue weighted by Crippen LogP contribution is -2.22. The van der Waals surface area contributed by atoms with Crippen LogP contribution in [-0.4, -0.2) is 43.3 Å². The molecule has 2 aromatic heterocycles. The number of halogens is 2. The van der Waals surface area contributed by atoms with E-state index in [2.05, 4.69) is 41.8 Å². The maximum absolute atomic E-state index is 13.2. The zero-order valence-corrected chi connectivity index (χ0v) is 37.1. The van der Waals surface area contributed by atoms with Gasteiger partial charge in [0.15, 0.2) is 11.6 Å². The van der Waals surface area contributed by atoms with Gasteiger partial charge in [-0.1, -0.05) is 83.1 Å². The maximum Gasteiger partial charge on any atom is 0.203 e. The summed E-state index contributed by atoms with van der Waals surface area (Å²) in [6.07, 6.45) is 5.88. The van der Waals surface area contributed by atoms with E-state index in [1.165, 1.54) is 24.8 Å². The molecule has 2 heterocycles. The molecule has 6 rings (SSSR count). The maximum atomic E-state index is 13.2. The molecule has 0 unspecified atom stereocenters. The van der Waals surface area contributed by atoms with Crippen LogP contribution in [0.25, 0.3) is 11.1 Å². The van der Waals surface area contributed by atoms with Crippen LogP contribution in [0.4, 0.5) is 0 Å². The van der Waals surface area contributed by atoms with Crippen LogP contribution in [0.5, 0.6) is 11.5 Å². The summed E-state index contributed by atoms with van der Waals surface area (Å²) in [6.45, 7) is 24.1. The smallest absolute Gasteiger partial charge is 0.203 e. The van der Waals surface area contributed by atoms with Crippen molar-refractivity contribution in [3.8, 4) is 11.5 Å². The molecule has 0 saturated heterocycles. The van der Waals surface area contributed by atoms with Crippen LogP contribution < -0.4 is 0 Å². The number of carbonyl (C=O) groups is 4. The second kappa shape index (κ2) is 14.8. The van der Waals surface area contributed by atoms with Gasteiger partial charge in [0.1, 0.15) is 11.5 Å². The van der Waals surface area contributed by atoms with Crippen molar-refractivity contribution in [1.82, 2.24) is 9.97 Å². The van der Waals surface area contributed by atoms with E-state index in [-0.39, 0.29) is 65.3 Å². The molecule has 2 aliphatic carbocycles. The van der Waals surface area contributed by atoms with Crippen LogP contribution in [0.2, 0.25) is 0 Å². The summed E-state index contributed by atoms with van der Waals surface area (Å²) in [7, 11) is 0. The van der Waals surface area contributed by atoms with Gasteiger partial charge in [0.25, 0.3) is 0 Å². The summed E-state index contributed by atoms with van der Waals surface area (Å²) in [6, 6.07) is 10.4. The lowest BCUT2D eigenvalue weighted by molar-refractivity contribution is 0.0998. The van der Waals surface area contributed by atoms with Crippen molar-refractivity contribution >= 4 is 66.1 Å². The van der Waals surface area contributed by atoms with Gasteiger partial charge in [0.2, 0.25) is 11.6 Å². The molecular weight excluding hydrogens is 836 g/mol. The Balaban J connectivity index is 0.000000214. The Morgan fingerprint density at radius 1 is 0.446 bits per heavy atom. The van der Waals surface area contributed by atoms with Crippen molar-refractivity contribution < 1.29 is 29.4 Å². The van der Waals surface area contributed by atoms with E-state index in [0.29, 0.717) is 44.5 Å². The van der Waals surface area contributed by atoms with Crippen molar-refractivity contribution in [2.24, 2.45) is 0 Å². The van der Waals surface area contributed by atoms with E-state index in [1.54, 1.807) is 12.1 Å². The van der Waals surface area contributed by atoms with Gasteiger partial charge < -0.3 is 10.2 Å². The first kappa shape index (κ1) is 42.6. The van der Waals surface area contributed by atoms with E-state index in [1.807, 2.05) is 107 Å². The van der Waals surface area contributed by atoms with E-state index in [0.717, 1.165) is 22.3 Å². The Morgan fingerprint density at radius 3 is 1.04 bits per heavy atom. The number of benzene rings is 2. The van der Waals surface area contributed by atoms with Crippen molar-refractivity contribution in [1.29, 1.82) is 0 Å². The standard InChI is InChI=1S/2C23H24BrNO3/c1-22(2,3)15-9-12(10-16(21(15)28)23(4,5)6)17-18(24)20(27)13-7-8-25-11-14(13)19(17)26;1-22(2,3)15-9-12(10-16(21(15)28)23(4,5)6)17-18(24)20(27)14-11-25-8-7-13(14)19(17)26/h2*7-11,28H,1-6H3. The predicted molar refractivity (Wildman–Crippen MR) is 229 cm³/mol. The summed E-state index contributed by atoms with van der Waals surface area (Å²) < 4.78 is 0.463.